The van der Waals surface area contributed by atoms with Gasteiger partial charge in [-0.3, -0.25) is 19.9 Å². The third kappa shape index (κ3) is 4.52. The Morgan fingerprint density at radius 1 is 0.391 bits per heavy atom. The minimum absolute atomic E-state index is 0.749. The molecule has 9 rings (SSSR count). The van der Waals surface area contributed by atoms with E-state index in [0.717, 1.165) is 88.5 Å². The number of nitrogens with zero attached hydrogens (tertiary/aromatic N) is 6. The topological polar surface area (TPSA) is 77.3 Å². The number of benzene rings is 4. The van der Waals surface area contributed by atoms with E-state index in [-0.39, 0.29) is 0 Å². The Hall–Kier alpha value is -6.40. The molecule has 0 saturated carbocycles. The molecule has 0 aliphatic rings. The van der Waals surface area contributed by atoms with Crippen molar-refractivity contribution in [1.82, 2.24) is 29.9 Å². The van der Waals surface area contributed by atoms with Crippen LogP contribution in [-0.4, -0.2) is 29.9 Å². The Kier molecular flexibility index (Phi) is 6.03. The van der Waals surface area contributed by atoms with Crippen LogP contribution in [-0.2, 0) is 0 Å². The van der Waals surface area contributed by atoms with Crippen molar-refractivity contribution in [2.24, 2.45) is 0 Å². The van der Waals surface area contributed by atoms with Crippen LogP contribution in [0.5, 0.6) is 0 Å². The van der Waals surface area contributed by atoms with E-state index in [0.29, 0.717) is 0 Å². The fourth-order valence-corrected chi connectivity index (χ4v) is 6.17. The van der Waals surface area contributed by atoms with Gasteiger partial charge in [0, 0.05) is 51.9 Å². The van der Waals surface area contributed by atoms with Gasteiger partial charge >= 0.3 is 0 Å². The average molecular weight is 589 g/mol. The molecular weight excluding hydrogens is 564 g/mol. The highest BCUT2D eigenvalue weighted by Crippen LogP contribution is 2.35. The molecule has 4 aromatic carbocycles. The van der Waals surface area contributed by atoms with Crippen molar-refractivity contribution >= 4 is 43.6 Å². The summed E-state index contributed by atoms with van der Waals surface area (Å²) < 4.78 is 0. The van der Waals surface area contributed by atoms with Crippen LogP contribution < -0.4 is 0 Å². The van der Waals surface area contributed by atoms with Gasteiger partial charge < -0.3 is 0 Å². The van der Waals surface area contributed by atoms with E-state index >= 15 is 0 Å². The lowest BCUT2D eigenvalue weighted by atomic mass is 9.95. The average Bonchev–Trinajstić information content (AvgIpc) is 3.14. The quantitative estimate of drug-likeness (QED) is 0.191. The van der Waals surface area contributed by atoms with E-state index in [1.165, 1.54) is 0 Å². The summed E-state index contributed by atoms with van der Waals surface area (Å²) in [5.41, 5.74) is 11.7. The van der Waals surface area contributed by atoms with Crippen LogP contribution in [0.25, 0.3) is 88.5 Å². The normalized spacial score (nSPS) is 11.5. The molecule has 46 heavy (non-hydrogen) atoms. The Labute approximate surface area is 264 Å². The maximum absolute atomic E-state index is 5.08. The van der Waals surface area contributed by atoms with Crippen LogP contribution >= 0.6 is 0 Å². The van der Waals surface area contributed by atoms with Crippen molar-refractivity contribution in [2.45, 2.75) is 0 Å². The van der Waals surface area contributed by atoms with Crippen molar-refractivity contribution in [3.05, 3.63) is 146 Å². The maximum atomic E-state index is 5.08. The van der Waals surface area contributed by atoms with Gasteiger partial charge in [0.25, 0.3) is 0 Å². The second kappa shape index (κ2) is 10.6. The Morgan fingerprint density at radius 3 is 1.85 bits per heavy atom. The number of hydrogen-bond donors (Lipinski definition) is 0. The zero-order valence-corrected chi connectivity index (χ0v) is 24.5. The fourth-order valence-electron chi connectivity index (χ4n) is 6.17. The molecule has 6 heteroatoms. The number of hydrogen-bond acceptors (Lipinski definition) is 6. The van der Waals surface area contributed by atoms with Gasteiger partial charge in [0.1, 0.15) is 5.69 Å². The van der Waals surface area contributed by atoms with Gasteiger partial charge in [-0.2, -0.15) is 0 Å². The van der Waals surface area contributed by atoms with Gasteiger partial charge in [0.05, 0.1) is 39.7 Å². The highest BCUT2D eigenvalue weighted by atomic mass is 14.8. The molecule has 6 nitrogen and oxygen atoms in total. The number of pyridine rings is 4. The summed E-state index contributed by atoms with van der Waals surface area (Å²) in [6, 6.07) is 40.1. The largest absolute Gasteiger partial charge is 0.261 e. The first kappa shape index (κ1) is 26.0. The molecular formula is C40H24N6. The molecule has 0 aliphatic carbocycles. The summed E-state index contributed by atoms with van der Waals surface area (Å²) in [6.07, 6.45) is 8.73. The summed E-state index contributed by atoms with van der Waals surface area (Å²) in [5.74, 6) is 0. The van der Waals surface area contributed by atoms with Gasteiger partial charge in [-0.1, -0.05) is 72.8 Å². The predicted octanol–water partition coefficient (Wildman–Crippen LogP) is 9.34. The van der Waals surface area contributed by atoms with Crippen molar-refractivity contribution in [1.29, 1.82) is 0 Å². The van der Waals surface area contributed by atoms with Crippen molar-refractivity contribution in [2.75, 3.05) is 0 Å². The second-order valence-electron chi connectivity index (χ2n) is 11.3. The van der Waals surface area contributed by atoms with Crippen LogP contribution in [0.2, 0.25) is 0 Å². The summed E-state index contributed by atoms with van der Waals surface area (Å²) in [7, 11) is 0. The van der Waals surface area contributed by atoms with Crippen molar-refractivity contribution in [3.63, 3.8) is 0 Å². The van der Waals surface area contributed by atoms with Crippen LogP contribution in [0, 0.1) is 0 Å². The summed E-state index contributed by atoms with van der Waals surface area (Å²) in [5, 5.41) is 4.33. The van der Waals surface area contributed by atoms with E-state index < -0.39 is 0 Å². The Bertz CT molecular complexity index is 2580. The first-order valence-corrected chi connectivity index (χ1v) is 15.1. The second-order valence-corrected chi connectivity index (χ2v) is 11.3. The van der Waals surface area contributed by atoms with Gasteiger partial charge in [-0.15, -0.1) is 0 Å². The Balaban J connectivity index is 1.07. The number of aromatic nitrogens is 6. The van der Waals surface area contributed by atoms with E-state index in [2.05, 4.69) is 117 Å². The minimum Gasteiger partial charge on any atom is -0.261 e. The van der Waals surface area contributed by atoms with Gasteiger partial charge in [0.15, 0.2) is 0 Å². The predicted molar refractivity (Wildman–Crippen MR) is 185 cm³/mol. The molecule has 5 aromatic heterocycles. The van der Waals surface area contributed by atoms with Crippen LogP contribution in [0.15, 0.2) is 146 Å². The molecule has 5 heterocycles. The molecule has 0 amide bonds. The molecule has 0 unspecified atom stereocenters. The number of rotatable bonds is 4. The zero-order valence-electron chi connectivity index (χ0n) is 24.5. The number of fused-ring (bicyclic) bond motifs is 5. The van der Waals surface area contributed by atoms with E-state index in [1.54, 1.807) is 18.6 Å². The van der Waals surface area contributed by atoms with Crippen LogP contribution in [0.3, 0.4) is 0 Å². The van der Waals surface area contributed by atoms with Crippen LogP contribution in [0.1, 0.15) is 0 Å². The first-order valence-electron chi connectivity index (χ1n) is 15.1. The van der Waals surface area contributed by atoms with E-state index in [1.807, 2.05) is 30.6 Å². The molecule has 0 atom stereocenters. The first-order chi connectivity index (χ1) is 22.8. The third-order valence-corrected chi connectivity index (χ3v) is 8.50. The lowest BCUT2D eigenvalue weighted by Gasteiger charge is -2.11. The van der Waals surface area contributed by atoms with Crippen molar-refractivity contribution < 1.29 is 0 Å². The SMILES string of the molecule is c1cnc2c(c1)cc(-c1ccc(-c3ccc4ccc(-c5ccc6ccc(-c7cnccn7)nc6c5)nc4c3)cc1)c1cccnc12. The summed E-state index contributed by atoms with van der Waals surface area (Å²) in [4.78, 5) is 27.8. The minimum atomic E-state index is 0.749. The maximum Gasteiger partial charge on any atom is 0.107 e. The molecule has 0 bridgehead atoms. The van der Waals surface area contributed by atoms with Gasteiger partial charge in [-0.25, -0.2) is 9.97 Å². The van der Waals surface area contributed by atoms with E-state index in [4.69, 9.17) is 9.97 Å². The highest BCUT2D eigenvalue weighted by Gasteiger charge is 2.12. The summed E-state index contributed by atoms with van der Waals surface area (Å²) >= 11 is 0. The lowest BCUT2D eigenvalue weighted by molar-refractivity contribution is 1.19. The zero-order chi connectivity index (χ0) is 30.5. The molecule has 0 spiro atoms. The van der Waals surface area contributed by atoms with Crippen molar-refractivity contribution in [3.8, 4) is 44.9 Å². The van der Waals surface area contributed by atoms with Gasteiger partial charge in [-0.05, 0) is 64.7 Å². The monoisotopic (exact) mass is 588 g/mol. The Morgan fingerprint density at radius 2 is 1.04 bits per heavy atom. The highest BCUT2D eigenvalue weighted by molar-refractivity contribution is 6.10. The molecule has 9 aromatic rings. The molecule has 0 aliphatic heterocycles. The van der Waals surface area contributed by atoms with Gasteiger partial charge in [0.2, 0.25) is 0 Å². The molecule has 0 fully saturated rings. The lowest BCUT2D eigenvalue weighted by Crippen LogP contribution is -1.91. The fraction of sp³-hybridized carbons (Fsp3) is 0. The molecule has 0 saturated heterocycles. The smallest absolute Gasteiger partial charge is 0.107 e. The molecule has 214 valence electrons. The summed E-state index contributed by atoms with van der Waals surface area (Å²) in [6.45, 7) is 0. The molecule has 0 N–H and O–H groups in total. The standard InChI is InChI=1S/C40H24N6/c1-3-31-21-33(32-4-2-18-44-40(32)39(31)43-17-1)26-7-5-25(6-8-26)29-11-9-27-13-15-34(45-36(27)22-29)30-12-10-28-14-16-35(46-37(28)23-30)38-24-41-19-20-42-38/h1-24H. The molecule has 0 radical (unpaired) electrons. The van der Waals surface area contributed by atoms with E-state index in [9.17, 15) is 0 Å². The third-order valence-electron chi connectivity index (χ3n) is 8.50. The van der Waals surface area contributed by atoms with Crippen LogP contribution in [0.4, 0.5) is 0 Å².